The van der Waals surface area contributed by atoms with E-state index in [1.54, 1.807) is 14.2 Å². The molecule has 0 unspecified atom stereocenters. The van der Waals surface area contributed by atoms with Crippen molar-refractivity contribution in [1.82, 2.24) is 0 Å². The minimum atomic E-state index is 0.828. The molecule has 302 valence electrons. The highest BCUT2D eigenvalue weighted by molar-refractivity contribution is 6.32. The van der Waals surface area contributed by atoms with Crippen molar-refractivity contribution in [2.45, 2.75) is 27.7 Å². The van der Waals surface area contributed by atoms with Gasteiger partial charge in [-0.05, 0) is 146 Å². The second-order valence-electron chi connectivity index (χ2n) is 16.4. The summed E-state index contributed by atoms with van der Waals surface area (Å²) < 4.78 is 11.3. The molecule has 10 aromatic carbocycles. The molecule has 10 rings (SSSR count). The summed E-state index contributed by atoms with van der Waals surface area (Å²) in [4.78, 5) is 4.85. The third kappa shape index (κ3) is 6.84. The highest BCUT2D eigenvalue weighted by atomic mass is 16.5. The van der Waals surface area contributed by atoms with Crippen LogP contribution in [0.3, 0.4) is 0 Å². The van der Waals surface area contributed by atoms with Gasteiger partial charge in [-0.2, -0.15) is 0 Å². The predicted molar refractivity (Wildman–Crippen MR) is 262 cm³/mol. The Morgan fingerprint density at radius 3 is 0.855 bits per heavy atom. The van der Waals surface area contributed by atoms with Crippen LogP contribution < -0.4 is 19.3 Å². The molecule has 0 aliphatic rings. The van der Waals surface area contributed by atoms with Crippen molar-refractivity contribution in [1.29, 1.82) is 0 Å². The zero-order valence-electron chi connectivity index (χ0n) is 36.0. The summed E-state index contributed by atoms with van der Waals surface area (Å²) in [5.74, 6) is 1.66. The average Bonchev–Trinajstić information content (AvgIpc) is 3.31. The topological polar surface area (TPSA) is 24.9 Å². The van der Waals surface area contributed by atoms with Crippen LogP contribution in [0.5, 0.6) is 11.5 Å². The number of methoxy groups -OCH3 is 2. The van der Waals surface area contributed by atoms with Gasteiger partial charge in [0.25, 0.3) is 0 Å². The summed E-state index contributed by atoms with van der Waals surface area (Å²) in [5.41, 5.74) is 16.0. The summed E-state index contributed by atoms with van der Waals surface area (Å²) in [6.45, 7) is 8.58. The Morgan fingerprint density at radius 2 is 0.581 bits per heavy atom. The maximum Gasteiger partial charge on any atom is 0.118 e. The van der Waals surface area contributed by atoms with E-state index in [4.69, 9.17) is 9.47 Å². The molecule has 0 N–H and O–H groups in total. The molecule has 0 saturated heterocycles. The van der Waals surface area contributed by atoms with Crippen LogP contribution in [-0.2, 0) is 0 Å². The van der Waals surface area contributed by atoms with E-state index in [9.17, 15) is 0 Å². The van der Waals surface area contributed by atoms with Crippen LogP contribution >= 0.6 is 0 Å². The van der Waals surface area contributed by atoms with Gasteiger partial charge in [-0.3, -0.25) is 0 Å². The number of aryl methyl sites for hydroxylation is 4. The van der Waals surface area contributed by atoms with Gasteiger partial charge in [0, 0.05) is 44.3 Å². The van der Waals surface area contributed by atoms with Crippen molar-refractivity contribution in [2.24, 2.45) is 0 Å². The Bertz CT molecular complexity index is 2880. The van der Waals surface area contributed by atoms with Crippen LogP contribution in [-0.4, -0.2) is 14.2 Å². The monoisotopic (exact) mass is 804 g/mol. The van der Waals surface area contributed by atoms with E-state index in [2.05, 4.69) is 219 Å². The summed E-state index contributed by atoms with van der Waals surface area (Å²) in [6, 6.07) is 66.6. The molecular weight excluding hydrogens is 757 g/mol. The van der Waals surface area contributed by atoms with Crippen LogP contribution in [0.1, 0.15) is 22.3 Å². The van der Waals surface area contributed by atoms with E-state index in [1.807, 2.05) is 0 Å². The molecule has 4 nitrogen and oxygen atoms in total. The fourth-order valence-corrected chi connectivity index (χ4v) is 8.97. The van der Waals surface area contributed by atoms with Crippen molar-refractivity contribution in [3.05, 3.63) is 204 Å². The lowest BCUT2D eigenvalue weighted by Gasteiger charge is -2.31. The molecule has 0 amide bonds. The van der Waals surface area contributed by atoms with E-state index in [0.717, 1.165) is 67.9 Å². The van der Waals surface area contributed by atoms with Crippen LogP contribution in [0.2, 0.25) is 0 Å². The summed E-state index contributed by atoms with van der Waals surface area (Å²) in [6.07, 6.45) is 0. The predicted octanol–water partition coefficient (Wildman–Crippen LogP) is 16.1. The minimum Gasteiger partial charge on any atom is -0.497 e. The maximum absolute atomic E-state index is 5.65. The Kier molecular flexibility index (Phi) is 9.84. The molecule has 0 saturated carbocycles. The van der Waals surface area contributed by atoms with Gasteiger partial charge in [-0.15, -0.1) is 0 Å². The second-order valence-corrected chi connectivity index (χ2v) is 16.4. The molecule has 0 aliphatic carbocycles. The highest BCUT2D eigenvalue weighted by Crippen LogP contribution is 2.52. The Labute approximate surface area is 364 Å². The van der Waals surface area contributed by atoms with Gasteiger partial charge in [0.2, 0.25) is 0 Å². The lowest BCUT2D eigenvalue weighted by molar-refractivity contribution is 0.415. The normalized spacial score (nSPS) is 11.4. The van der Waals surface area contributed by atoms with Crippen LogP contribution in [0, 0.1) is 27.7 Å². The molecule has 62 heavy (non-hydrogen) atoms. The molecule has 0 fully saturated rings. The van der Waals surface area contributed by atoms with E-state index >= 15 is 0 Å². The van der Waals surface area contributed by atoms with E-state index < -0.39 is 0 Å². The first-order valence-corrected chi connectivity index (χ1v) is 21.2. The molecule has 0 spiro atoms. The van der Waals surface area contributed by atoms with Crippen LogP contribution in [0.25, 0.3) is 54.6 Å². The fourth-order valence-electron chi connectivity index (χ4n) is 8.97. The molecule has 0 bridgehead atoms. The first-order valence-electron chi connectivity index (χ1n) is 21.2. The molecule has 10 aromatic rings. The van der Waals surface area contributed by atoms with Crippen molar-refractivity contribution >= 4 is 66.4 Å². The SMILES string of the molecule is COc1ccc(-c2cc(N(c3ccc(C)cc3)c3ccc(C)cc3)c3ccc4c(-c5ccc(OC)cc5)cc(N(c5ccc(C)cc5)c5ccc(C)cc5)c5ccc2c3c45)cc1. The van der Waals surface area contributed by atoms with Gasteiger partial charge in [0.1, 0.15) is 11.5 Å². The number of nitrogens with zero attached hydrogens (tertiary/aromatic N) is 2. The summed E-state index contributed by atoms with van der Waals surface area (Å²) >= 11 is 0. The van der Waals surface area contributed by atoms with Crippen LogP contribution in [0.4, 0.5) is 34.1 Å². The molecule has 0 radical (unpaired) electrons. The van der Waals surface area contributed by atoms with Gasteiger partial charge in [-0.1, -0.05) is 119 Å². The van der Waals surface area contributed by atoms with Gasteiger partial charge < -0.3 is 19.3 Å². The Balaban J connectivity index is 1.37. The lowest BCUT2D eigenvalue weighted by Crippen LogP contribution is -2.12. The van der Waals surface area contributed by atoms with Gasteiger partial charge in [-0.25, -0.2) is 0 Å². The molecular formula is C58H48N2O2. The van der Waals surface area contributed by atoms with Crippen LogP contribution in [0.15, 0.2) is 182 Å². The van der Waals surface area contributed by atoms with E-state index in [-0.39, 0.29) is 0 Å². The highest BCUT2D eigenvalue weighted by Gasteiger charge is 2.26. The first-order chi connectivity index (χ1) is 30.3. The number of benzene rings is 10. The van der Waals surface area contributed by atoms with E-state index in [1.165, 1.54) is 54.6 Å². The molecule has 0 aliphatic heterocycles. The van der Waals surface area contributed by atoms with Gasteiger partial charge in [0.15, 0.2) is 0 Å². The quantitative estimate of drug-likeness (QED) is 0.129. The van der Waals surface area contributed by atoms with Crippen molar-refractivity contribution in [3.63, 3.8) is 0 Å². The number of rotatable bonds is 10. The molecule has 0 heterocycles. The average molecular weight is 805 g/mol. The van der Waals surface area contributed by atoms with E-state index in [0.29, 0.717) is 0 Å². The Morgan fingerprint density at radius 1 is 0.306 bits per heavy atom. The number of hydrogen-bond acceptors (Lipinski definition) is 4. The van der Waals surface area contributed by atoms with Gasteiger partial charge >= 0.3 is 0 Å². The van der Waals surface area contributed by atoms with Crippen molar-refractivity contribution in [2.75, 3.05) is 24.0 Å². The number of anilines is 6. The third-order valence-corrected chi connectivity index (χ3v) is 12.3. The van der Waals surface area contributed by atoms with Crippen molar-refractivity contribution < 1.29 is 9.47 Å². The number of hydrogen-bond donors (Lipinski definition) is 0. The number of ether oxygens (including phenoxy) is 2. The Hall–Kier alpha value is -7.56. The maximum atomic E-state index is 5.65. The first kappa shape index (κ1) is 38.6. The molecule has 4 heteroatoms. The zero-order valence-corrected chi connectivity index (χ0v) is 36.0. The minimum absolute atomic E-state index is 0.828. The summed E-state index contributed by atoms with van der Waals surface area (Å²) in [7, 11) is 3.44. The smallest absolute Gasteiger partial charge is 0.118 e. The zero-order chi connectivity index (χ0) is 42.5. The van der Waals surface area contributed by atoms with Crippen molar-refractivity contribution in [3.8, 4) is 33.8 Å². The largest absolute Gasteiger partial charge is 0.497 e. The fraction of sp³-hybridized carbons (Fsp3) is 0.103. The lowest BCUT2D eigenvalue weighted by atomic mass is 9.85. The summed E-state index contributed by atoms with van der Waals surface area (Å²) in [5, 5.41) is 7.16. The standard InChI is InChI=1S/C58H48N2O2/c1-37-7-19-43(20-8-37)59(44-21-9-38(2)10-22-44)55-35-53(41-15-27-47(61-5)28-16-41)49-32-34-52-56(60(45-23-11-39(3)12-24-45)46-25-13-40(4)14-26-46)36-54(42-17-29-48(62-6)30-18-42)50-31-33-51(55)57(49)58(50)52/h7-36H,1-6H3. The molecule has 0 atom stereocenters. The second kappa shape index (κ2) is 15.8. The molecule has 0 aromatic heterocycles. The van der Waals surface area contributed by atoms with Gasteiger partial charge in [0.05, 0.1) is 25.6 Å². The third-order valence-electron chi connectivity index (χ3n) is 12.3.